The molecule has 1 aliphatic heterocycles. The molecule has 182 valence electrons. The summed E-state index contributed by atoms with van der Waals surface area (Å²) >= 11 is 0. The molecule has 3 nitrogen and oxygen atoms in total. The largest absolute Gasteiger partial charge is 0.278 e. The van der Waals surface area contributed by atoms with Crippen LogP contribution in [0.15, 0.2) is 109 Å². The number of nitrogens with zero attached hydrogens (tertiary/aromatic N) is 3. The molecule has 5 aliphatic rings. The Kier molecular flexibility index (Phi) is 5.70. The van der Waals surface area contributed by atoms with Crippen molar-refractivity contribution in [2.75, 3.05) is 0 Å². The summed E-state index contributed by atoms with van der Waals surface area (Å²) in [6.45, 7) is 0. The van der Waals surface area contributed by atoms with Crippen LogP contribution in [-0.2, 0) is 32.1 Å². The second-order valence-electron chi connectivity index (χ2n) is 10.6. The van der Waals surface area contributed by atoms with Gasteiger partial charge in [0.15, 0.2) is 0 Å². The summed E-state index contributed by atoms with van der Waals surface area (Å²) < 4.78 is 4.63. The van der Waals surface area contributed by atoms with Gasteiger partial charge in [-0.25, -0.2) is 4.57 Å². The molecule has 0 saturated heterocycles. The van der Waals surface area contributed by atoms with E-state index in [-0.39, 0.29) is 0 Å². The minimum absolute atomic E-state index is 0.303. The van der Waals surface area contributed by atoms with E-state index in [0.29, 0.717) is 12.0 Å². The highest BCUT2D eigenvalue weighted by molar-refractivity contribution is 5.44. The maximum atomic E-state index is 5.17. The molecule has 2 heterocycles. The van der Waals surface area contributed by atoms with E-state index in [4.69, 9.17) is 5.10 Å². The molecule has 0 radical (unpaired) electrons. The number of benzene rings is 4. The highest BCUT2D eigenvalue weighted by atomic mass is 15.4. The second kappa shape index (κ2) is 9.48. The van der Waals surface area contributed by atoms with E-state index in [1.807, 2.05) is 0 Å². The van der Waals surface area contributed by atoms with Crippen molar-refractivity contribution in [2.24, 2.45) is 0 Å². The summed E-state index contributed by atoms with van der Waals surface area (Å²) in [7, 11) is 0. The first-order valence-corrected chi connectivity index (χ1v) is 13.6. The van der Waals surface area contributed by atoms with Gasteiger partial charge >= 0.3 is 0 Å². The van der Waals surface area contributed by atoms with Gasteiger partial charge in [0.05, 0.1) is 6.04 Å². The highest BCUT2D eigenvalue weighted by Crippen LogP contribution is 2.37. The zero-order valence-corrected chi connectivity index (χ0v) is 21.1. The molecule has 4 aromatic carbocycles. The summed E-state index contributed by atoms with van der Waals surface area (Å²) in [6, 6.07) is 38.6. The van der Waals surface area contributed by atoms with E-state index in [2.05, 4.69) is 119 Å². The lowest BCUT2D eigenvalue weighted by Crippen LogP contribution is -2.40. The Hall–Kier alpha value is -3.98. The number of hydrogen-bond acceptors (Lipinski definition) is 1. The van der Waals surface area contributed by atoms with Gasteiger partial charge in [0.25, 0.3) is 5.82 Å². The smallest absolute Gasteiger partial charge is 0.230 e. The van der Waals surface area contributed by atoms with Crippen LogP contribution in [0.25, 0.3) is 5.69 Å². The highest BCUT2D eigenvalue weighted by Gasteiger charge is 2.38. The van der Waals surface area contributed by atoms with Crippen molar-refractivity contribution >= 4 is 0 Å². The maximum Gasteiger partial charge on any atom is 0.278 e. The molecular weight excluding hydrogens is 450 g/mol. The molecular formula is C34H32N3+. The lowest BCUT2D eigenvalue weighted by Gasteiger charge is -2.23. The third-order valence-corrected chi connectivity index (χ3v) is 8.28. The van der Waals surface area contributed by atoms with Crippen molar-refractivity contribution in [3.63, 3.8) is 0 Å². The van der Waals surface area contributed by atoms with Gasteiger partial charge in [-0.2, -0.15) is 0 Å². The molecule has 0 spiro atoms. The van der Waals surface area contributed by atoms with Gasteiger partial charge in [0, 0.05) is 17.4 Å². The molecule has 4 aliphatic carbocycles. The number of aromatic nitrogens is 3. The summed E-state index contributed by atoms with van der Waals surface area (Å²) in [5, 5.41) is 5.17. The Morgan fingerprint density at radius 3 is 1.92 bits per heavy atom. The molecule has 0 fully saturated rings. The number of hydrogen-bond donors (Lipinski definition) is 0. The lowest BCUT2D eigenvalue weighted by atomic mass is 9.84. The minimum atomic E-state index is 0.303. The average Bonchev–Trinajstić information content (AvgIpc) is 3.54. The Morgan fingerprint density at radius 2 is 1.24 bits per heavy atom. The number of fused-ring (bicyclic) bond motifs is 1. The molecule has 10 rings (SSSR count). The summed E-state index contributed by atoms with van der Waals surface area (Å²) in [4.78, 5) is 0. The predicted octanol–water partition coefficient (Wildman–Crippen LogP) is 6.36. The summed E-state index contributed by atoms with van der Waals surface area (Å²) in [6.07, 6.45) is 8.58. The molecule has 1 atom stereocenters. The van der Waals surface area contributed by atoms with Gasteiger partial charge in [0.2, 0.25) is 6.33 Å². The molecule has 0 saturated carbocycles. The van der Waals surface area contributed by atoms with E-state index < -0.39 is 0 Å². The second-order valence-corrected chi connectivity index (χ2v) is 10.6. The Morgan fingerprint density at radius 1 is 0.649 bits per heavy atom. The van der Waals surface area contributed by atoms with Gasteiger partial charge in [-0.05, 0) is 71.6 Å². The van der Waals surface area contributed by atoms with E-state index in [1.165, 1.54) is 44.9 Å². The van der Waals surface area contributed by atoms with E-state index in [9.17, 15) is 0 Å². The SMILES string of the molecule is c1ccc(C(c2ccccc2)[C@@H]2CCc3nn(-c4cc5ccc4CCc4ccc(cc4)CC5)c[n+]32)cc1. The fourth-order valence-electron chi connectivity index (χ4n) is 6.29. The Bertz CT molecular complexity index is 1480. The molecule has 37 heavy (non-hydrogen) atoms. The first kappa shape index (κ1) is 22.2. The van der Waals surface area contributed by atoms with Crippen LogP contribution in [0.5, 0.6) is 0 Å². The van der Waals surface area contributed by atoms with Crippen LogP contribution < -0.4 is 4.57 Å². The van der Waals surface area contributed by atoms with Crippen LogP contribution in [-0.4, -0.2) is 9.78 Å². The van der Waals surface area contributed by atoms with Crippen molar-refractivity contribution in [3.05, 3.63) is 149 Å². The Labute approximate surface area is 219 Å². The fraction of sp³-hybridized carbons (Fsp3) is 0.235. The summed E-state index contributed by atoms with van der Waals surface area (Å²) in [5.74, 6) is 1.49. The zero-order chi connectivity index (χ0) is 24.6. The van der Waals surface area contributed by atoms with E-state index in [1.54, 1.807) is 0 Å². The molecule has 3 heteroatoms. The first-order chi connectivity index (χ1) is 18.3. The topological polar surface area (TPSA) is 21.7 Å². The van der Waals surface area contributed by atoms with E-state index in [0.717, 1.165) is 38.5 Å². The number of rotatable bonds is 4. The normalized spacial score (nSPS) is 16.5. The molecule has 4 bridgehead atoms. The molecule has 1 aromatic heterocycles. The third kappa shape index (κ3) is 4.29. The number of aryl methyl sites for hydroxylation is 5. The van der Waals surface area contributed by atoms with Crippen molar-refractivity contribution in [1.82, 2.24) is 9.78 Å². The van der Waals surface area contributed by atoms with Crippen molar-refractivity contribution in [3.8, 4) is 5.69 Å². The zero-order valence-electron chi connectivity index (χ0n) is 21.1. The monoisotopic (exact) mass is 482 g/mol. The molecule has 5 aromatic rings. The first-order valence-electron chi connectivity index (χ1n) is 13.6. The lowest BCUT2D eigenvalue weighted by molar-refractivity contribution is -0.718. The minimum Gasteiger partial charge on any atom is -0.230 e. The third-order valence-electron chi connectivity index (χ3n) is 8.28. The summed E-state index contributed by atoms with van der Waals surface area (Å²) in [5.41, 5.74) is 9.56. The van der Waals surface area contributed by atoms with Crippen molar-refractivity contribution in [2.45, 2.75) is 50.5 Å². The Balaban J connectivity index is 1.28. The quantitative estimate of drug-likeness (QED) is 0.273. The maximum absolute atomic E-state index is 5.17. The van der Waals surface area contributed by atoms with Crippen LogP contribution in [0, 0.1) is 0 Å². The van der Waals surface area contributed by atoms with Gasteiger partial charge in [-0.3, -0.25) is 0 Å². The van der Waals surface area contributed by atoms with Gasteiger partial charge < -0.3 is 0 Å². The fourth-order valence-corrected chi connectivity index (χ4v) is 6.29. The van der Waals surface area contributed by atoms with Crippen LogP contribution in [0.4, 0.5) is 0 Å². The van der Waals surface area contributed by atoms with Crippen LogP contribution in [0.2, 0.25) is 0 Å². The van der Waals surface area contributed by atoms with Crippen molar-refractivity contribution < 1.29 is 4.57 Å². The average molecular weight is 483 g/mol. The van der Waals surface area contributed by atoms with Gasteiger partial charge in [-0.1, -0.05) is 102 Å². The van der Waals surface area contributed by atoms with Gasteiger partial charge in [0.1, 0.15) is 5.69 Å². The van der Waals surface area contributed by atoms with Crippen molar-refractivity contribution in [1.29, 1.82) is 0 Å². The standard InChI is InChI=1S/C34H32N3/c1-3-7-29(8-4-1)34(30-9-5-2-6-10-30)31-21-22-33-35-37(24-36(31)33)32-23-27-16-15-25-11-13-26(14-12-25)17-19-28(32)20-18-27/h1-14,18,20,23-24,31,34H,15-17,19,21-22H2/q+1/t31-/m0/s1. The van der Waals surface area contributed by atoms with E-state index >= 15 is 0 Å². The molecule has 0 N–H and O–H groups in total. The predicted molar refractivity (Wildman–Crippen MR) is 147 cm³/mol. The van der Waals surface area contributed by atoms with Crippen LogP contribution >= 0.6 is 0 Å². The molecule has 0 unspecified atom stereocenters. The van der Waals surface area contributed by atoms with Gasteiger partial charge in [-0.15, -0.1) is 0 Å². The van der Waals surface area contributed by atoms with Crippen LogP contribution in [0.1, 0.15) is 57.6 Å². The molecule has 0 amide bonds. The van der Waals surface area contributed by atoms with Crippen LogP contribution in [0.3, 0.4) is 0 Å².